The third-order valence-electron chi connectivity index (χ3n) is 5.38. The number of hydrogen-bond donors (Lipinski definition) is 0. The van der Waals surface area contributed by atoms with Crippen LogP contribution in [0, 0.1) is 24.2 Å². The molecule has 0 saturated carbocycles. The quantitative estimate of drug-likeness (QED) is 0.208. The fraction of sp³-hybridized carbons (Fsp3) is 0.120. The molecule has 0 radical (unpaired) electrons. The molecule has 5 aromatic heterocycles. The number of rotatable bonds is 4. The largest absolute Gasteiger partial charge is 2.00 e. The third kappa shape index (κ3) is 4.33. The molecular weight excluding hydrogens is 603 g/mol. The van der Waals surface area contributed by atoms with Crippen LogP contribution in [-0.2, 0) is 26.5 Å². The Bertz CT molecular complexity index is 1410. The summed E-state index contributed by atoms with van der Waals surface area (Å²) in [5.74, 6) is -1.16. The van der Waals surface area contributed by atoms with Gasteiger partial charge in [-0.1, -0.05) is 53.5 Å². The zero-order valence-electron chi connectivity index (χ0n) is 17.7. The molecule has 5 aromatic rings. The van der Waals surface area contributed by atoms with Gasteiger partial charge in [0, 0.05) is 16.8 Å². The average molecular weight is 621 g/mol. The van der Waals surface area contributed by atoms with Gasteiger partial charge in [0.1, 0.15) is 11.9 Å². The van der Waals surface area contributed by atoms with Gasteiger partial charge in [-0.2, -0.15) is 0 Å². The topological polar surface area (TPSA) is 56.5 Å². The second kappa shape index (κ2) is 8.91. The molecule has 166 valence electrons. The van der Waals surface area contributed by atoms with Crippen molar-refractivity contribution < 1.29 is 29.8 Å². The van der Waals surface area contributed by atoms with E-state index >= 15 is 0 Å². The Labute approximate surface area is 203 Å². The molecule has 0 aliphatic carbocycles. The molecule has 33 heavy (non-hydrogen) atoms. The molecule has 8 heteroatoms. The normalized spacial score (nSPS) is 11.4. The molecule has 0 aliphatic rings. The first-order valence-corrected chi connectivity index (χ1v) is 9.96. The van der Waals surface area contributed by atoms with Crippen LogP contribution < -0.4 is 0 Å². The summed E-state index contributed by atoms with van der Waals surface area (Å²) < 4.78 is 29.2. The van der Waals surface area contributed by atoms with Crippen molar-refractivity contribution in [2.75, 3.05) is 0 Å². The number of aromatic nitrogens is 5. The van der Waals surface area contributed by atoms with E-state index in [9.17, 15) is 8.78 Å². The molecule has 0 atom stereocenters. The maximum absolute atomic E-state index is 14.2. The molecule has 5 rings (SSSR count). The van der Waals surface area contributed by atoms with Crippen LogP contribution in [0.25, 0.3) is 27.8 Å². The Hall–Kier alpha value is -3.31. The van der Waals surface area contributed by atoms with Crippen LogP contribution in [0.3, 0.4) is 0 Å². The van der Waals surface area contributed by atoms with E-state index in [0.717, 1.165) is 22.5 Å². The summed E-state index contributed by atoms with van der Waals surface area (Å²) in [7, 11) is 0. The van der Waals surface area contributed by atoms with Gasteiger partial charge in [-0.3, -0.25) is 15.0 Å². The molecular formula is C25H17F2N5Pt. The Morgan fingerprint density at radius 3 is 2.45 bits per heavy atom. The van der Waals surface area contributed by atoms with Gasteiger partial charge in [-0.05, 0) is 50.3 Å². The first-order chi connectivity index (χ1) is 15.4. The van der Waals surface area contributed by atoms with E-state index in [4.69, 9.17) is 4.98 Å². The van der Waals surface area contributed by atoms with Crippen LogP contribution in [0.1, 0.15) is 25.2 Å². The molecule has 5 heterocycles. The van der Waals surface area contributed by atoms with E-state index in [-0.39, 0.29) is 26.6 Å². The van der Waals surface area contributed by atoms with Gasteiger partial charge < -0.3 is 9.55 Å². The van der Waals surface area contributed by atoms with Crippen molar-refractivity contribution in [3.05, 3.63) is 103 Å². The molecule has 0 spiro atoms. The standard InChI is InChI=1S/C25H17F2N5.Pt/c1-25(2,20-6-3-5-19(29-20)18-9-10-22(26)31-24(18)27)21-7-4-8-23(30-21)32-14-16-11-12-28-13-17(16)15-32;/h3-8,10-13,15H,1-2H3;/q-2;+2. The average Bonchev–Trinajstić information content (AvgIpc) is 3.24. The van der Waals surface area contributed by atoms with E-state index in [1.54, 1.807) is 24.5 Å². The van der Waals surface area contributed by atoms with Crippen LogP contribution in [-0.4, -0.2) is 24.5 Å². The summed E-state index contributed by atoms with van der Waals surface area (Å²) in [4.78, 5) is 16.8. The van der Waals surface area contributed by atoms with Crippen molar-refractivity contribution in [1.29, 1.82) is 0 Å². The number of hydrogen-bond acceptors (Lipinski definition) is 4. The Kier molecular flexibility index (Phi) is 6.17. The second-order valence-corrected chi connectivity index (χ2v) is 7.88. The van der Waals surface area contributed by atoms with E-state index in [1.165, 1.54) is 0 Å². The molecule has 0 saturated heterocycles. The van der Waals surface area contributed by atoms with Gasteiger partial charge in [-0.25, -0.2) is 8.78 Å². The molecule has 5 nitrogen and oxygen atoms in total. The molecule has 0 aliphatic heterocycles. The number of nitrogens with zero attached hydrogens (tertiary/aromatic N) is 5. The first-order valence-electron chi connectivity index (χ1n) is 9.96. The number of pyridine rings is 4. The van der Waals surface area contributed by atoms with Gasteiger partial charge in [0.15, 0.2) is 0 Å². The molecule has 0 unspecified atom stereocenters. The maximum Gasteiger partial charge on any atom is 2.00 e. The minimum absolute atomic E-state index is 0. The Morgan fingerprint density at radius 1 is 0.939 bits per heavy atom. The molecule has 0 fully saturated rings. The Morgan fingerprint density at radius 2 is 1.70 bits per heavy atom. The van der Waals surface area contributed by atoms with E-state index in [1.807, 2.05) is 54.9 Å². The van der Waals surface area contributed by atoms with E-state index in [0.29, 0.717) is 17.2 Å². The van der Waals surface area contributed by atoms with Gasteiger partial charge in [-0.15, -0.1) is 11.5 Å². The van der Waals surface area contributed by atoms with Crippen molar-refractivity contribution >= 4 is 10.8 Å². The van der Waals surface area contributed by atoms with E-state index in [2.05, 4.69) is 27.2 Å². The smallest absolute Gasteiger partial charge is 0.408 e. The summed E-state index contributed by atoms with van der Waals surface area (Å²) in [5, 5.41) is 1.92. The van der Waals surface area contributed by atoms with Crippen molar-refractivity contribution in [1.82, 2.24) is 24.5 Å². The number of fused-ring (bicyclic) bond motifs is 1. The van der Waals surface area contributed by atoms with Crippen LogP contribution in [0.15, 0.2) is 67.1 Å². The monoisotopic (exact) mass is 620 g/mol. The van der Waals surface area contributed by atoms with Crippen LogP contribution in [0.2, 0.25) is 0 Å². The van der Waals surface area contributed by atoms with Gasteiger partial charge >= 0.3 is 21.1 Å². The van der Waals surface area contributed by atoms with Gasteiger partial charge in [0.2, 0.25) is 0 Å². The summed E-state index contributed by atoms with van der Waals surface area (Å²) in [6.07, 6.45) is 8.73. The summed E-state index contributed by atoms with van der Waals surface area (Å²) in [5.41, 5.74) is 1.22. The molecule has 0 amide bonds. The Balaban J connectivity index is 0.00000259. The summed E-state index contributed by atoms with van der Waals surface area (Å²) in [6.45, 7) is 3.99. The zero-order chi connectivity index (χ0) is 22.3. The molecule has 0 aromatic carbocycles. The van der Waals surface area contributed by atoms with Crippen molar-refractivity contribution in [2.24, 2.45) is 0 Å². The summed E-state index contributed by atoms with van der Waals surface area (Å²) >= 11 is 0. The van der Waals surface area contributed by atoms with Gasteiger partial charge in [0.05, 0.1) is 5.82 Å². The fourth-order valence-corrected chi connectivity index (χ4v) is 3.55. The number of halogens is 2. The maximum atomic E-state index is 14.2. The van der Waals surface area contributed by atoms with Crippen LogP contribution in [0.4, 0.5) is 8.78 Å². The summed E-state index contributed by atoms with van der Waals surface area (Å²) in [6, 6.07) is 16.5. The van der Waals surface area contributed by atoms with Gasteiger partial charge in [0.25, 0.3) is 0 Å². The first kappa shape index (κ1) is 22.9. The van der Waals surface area contributed by atoms with Crippen LogP contribution >= 0.6 is 0 Å². The molecule has 0 bridgehead atoms. The van der Waals surface area contributed by atoms with Crippen molar-refractivity contribution in [3.8, 4) is 17.1 Å². The predicted molar refractivity (Wildman–Crippen MR) is 116 cm³/mol. The minimum Gasteiger partial charge on any atom is -0.408 e. The van der Waals surface area contributed by atoms with Crippen molar-refractivity contribution in [2.45, 2.75) is 19.3 Å². The molecule has 0 N–H and O–H groups in total. The second-order valence-electron chi connectivity index (χ2n) is 7.88. The van der Waals surface area contributed by atoms with Crippen LogP contribution in [0.5, 0.6) is 0 Å². The minimum atomic E-state index is -0.947. The third-order valence-corrected chi connectivity index (χ3v) is 5.38. The fourth-order valence-electron chi connectivity index (χ4n) is 3.55. The van der Waals surface area contributed by atoms with E-state index < -0.39 is 17.3 Å². The zero-order valence-corrected chi connectivity index (χ0v) is 19.9. The van der Waals surface area contributed by atoms with Crippen molar-refractivity contribution in [3.63, 3.8) is 0 Å². The predicted octanol–water partition coefficient (Wildman–Crippen LogP) is 5.08. The SMILES string of the molecule is CC(C)(c1cccc(-c2[c-]cc(F)nc2F)n1)c1cccc(-n2[c-]c3ccncc3c2)n1.[Pt+2].